The summed E-state index contributed by atoms with van der Waals surface area (Å²) in [5.41, 5.74) is 2.86. The minimum atomic E-state index is 0. The maximum atomic E-state index is 5.47. The van der Waals surface area contributed by atoms with Gasteiger partial charge in [-0.2, -0.15) is 0 Å². The zero-order valence-electron chi connectivity index (χ0n) is 16.3. The van der Waals surface area contributed by atoms with Crippen molar-refractivity contribution in [2.24, 2.45) is 4.99 Å². The number of nitrogens with one attached hydrogen (secondary N) is 1. The molecule has 0 unspecified atom stereocenters. The average molecular weight is 508 g/mol. The van der Waals surface area contributed by atoms with Crippen molar-refractivity contribution in [1.82, 2.24) is 25.4 Å². The van der Waals surface area contributed by atoms with Gasteiger partial charge in [0.1, 0.15) is 12.0 Å². The Balaban J connectivity index is 0.00000240. The molecule has 29 heavy (non-hydrogen) atoms. The predicted octanol–water partition coefficient (Wildman–Crippen LogP) is 2.84. The van der Waals surface area contributed by atoms with Gasteiger partial charge >= 0.3 is 0 Å². The Labute approximate surface area is 186 Å². The number of hydrogen-bond donors (Lipinski definition) is 1. The maximum Gasteiger partial charge on any atom is 0.194 e. The highest BCUT2D eigenvalue weighted by molar-refractivity contribution is 14.0. The van der Waals surface area contributed by atoms with Crippen molar-refractivity contribution in [1.29, 1.82) is 0 Å². The fraction of sp³-hybridized carbons (Fsp3) is 0.350. The van der Waals surface area contributed by atoms with E-state index in [4.69, 9.17) is 9.05 Å². The molecule has 0 saturated carbocycles. The van der Waals surface area contributed by atoms with Crippen LogP contribution in [0.3, 0.4) is 0 Å². The number of rotatable bonds is 5. The highest BCUT2D eigenvalue weighted by Gasteiger charge is 2.20. The first-order chi connectivity index (χ1) is 13.8. The van der Waals surface area contributed by atoms with Crippen LogP contribution < -0.4 is 5.32 Å². The molecule has 1 N–H and O–H groups in total. The highest BCUT2D eigenvalue weighted by Crippen LogP contribution is 2.18. The molecule has 3 aromatic rings. The van der Waals surface area contributed by atoms with Crippen LogP contribution in [0.4, 0.5) is 0 Å². The molecule has 1 aliphatic rings. The van der Waals surface area contributed by atoms with Gasteiger partial charge in [-0.25, -0.2) is 0 Å². The summed E-state index contributed by atoms with van der Waals surface area (Å²) in [4.78, 5) is 9.04. The number of benzene rings is 1. The van der Waals surface area contributed by atoms with Gasteiger partial charge in [0.05, 0.1) is 12.2 Å². The van der Waals surface area contributed by atoms with Crippen molar-refractivity contribution in [3.8, 4) is 11.3 Å². The summed E-state index contributed by atoms with van der Waals surface area (Å²) in [6.45, 7) is 5.08. The monoisotopic (exact) mass is 508 g/mol. The highest BCUT2D eigenvalue weighted by atomic mass is 127. The van der Waals surface area contributed by atoms with E-state index in [-0.39, 0.29) is 24.0 Å². The second kappa shape index (κ2) is 10.4. The third-order valence-electron chi connectivity index (χ3n) is 4.81. The molecular weight excluding hydrogens is 483 g/mol. The minimum Gasteiger partial charge on any atom is -0.364 e. The van der Waals surface area contributed by atoms with Crippen LogP contribution in [-0.2, 0) is 13.1 Å². The van der Waals surface area contributed by atoms with Gasteiger partial charge in [-0.15, -0.1) is 24.0 Å². The molecule has 1 aromatic carbocycles. The summed E-state index contributed by atoms with van der Waals surface area (Å²) >= 11 is 0. The number of piperazine rings is 1. The molecule has 3 heterocycles. The molecule has 1 saturated heterocycles. The summed E-state index contributed by atoms with van der Waals surface area (Å²) in [6.07, 6.45) is 1.62. The third-order valence-corrected chi connectivity index (χ3v) is 4.81. The van der Waals surface area contributed by atoms with Crippen molar-refractivity contribution in [2.45, 2.75) is 13.1 Å². The summed E-state index contributed by atoms with van der Waals surface area (Å²) < 4.78 is 10.4. The molecule has 0 atom stereocenters. The lowest BCUT2D eigenvalue weighted by molar-refractivity contribution is 0.168. The first-order valence-electron chi connectivity index (χ1n) is 9.40. The van der Waals surface area contributed by atoms with E-state index >= 15 is 0 Å². The van der Waals surface area contributed by atoms with Crippen LogP contribution in [0, 0.1) is 0 Å². The van der Waals surface area contributed by atoms with Gasteiger partial charge < -0.3 is 19.3 Å². The fourth-order valence-corrected chi connectivity index (χ4v) is 3.31. The Kier molecular flexibility index (Phi) is 7.64. The molecule has 1 fully saturated rings. The van der Waals surface area contributed by atoms with Crippen LogP contribution in [0.2, 0.25) is 0 Å². The first-order valence-corrected chi connectivity index (χ1v) is 9.40. The van der Waals surface area contributed by atoms with E-state index in [2.05, 4.69) is 30.4 Å². The van der Waals surface area contributed by atoms with Crippen molar-refractivity contribution in [3.05, 3.63) is 60.2 Å². The van der Waals surface area contributed by atoms with Crippen molar-refractivity contribution in [2.75, 3.05) is 33.2 Å². The number of halogens is 1. The van der Waals surface area contributed by atoms with Crippen LogP contribution in [-0.4, -0.2) is 59.3 Å². The lowest BCUT2D eigenvalue weighted by Gasteiger charge is -2.36. The standard InChI is InChI=1S/C20H24N6O2.HI/c1-21-20(26-10-8-25(9-11-26)15-17-7-12-27-23-17)22-14-18-13-19(24-28-18)16-5-3-2-4-6-16;/h2-7,12-13H,8-11,14-15H2,1H3,(H,21,22);1H. The van der Waals surface area contributed by atoms with Gasteiger partial charge in [0.15, 0.2) is 11.7 Å². The molecule has 0 aliphatic carbocycles. The molecule has 0 bridgehead atoms. The quantitative estimate of drug-likeness (QED) is 0.323. The van der Waals surface area contributed by atoms with Gasteiger partial charge in [0.2, 0.25) is 0 Å². The smallest absolute Gasteiger partial charge is 0.194 e. The Hall–Kier alpha value is -2.40. The van der Waals surface area contributed by atoms with Crippen LogP contribution in [0.15, 0.2) is 62.8 Å². The molecule has 1 aliphatic heterocycles. The molecule has 0 amide bonds. The third kappa shape index (κ3) is 5.57. The molecule has 9 heteroatoms. The van der Waals surface area contributed by atoms with Gasteiger partial charge in [-0.05, 0) is 0 Å². The fourth-order valence-electron chi connectivity index (χ4n) is 3.31. The van der Waals surface area contributed by atoms with E-state index in [0.717, 1.165) is 61.4 Å². The SMILES string of the molecule is CN=C(NCc1cc(-c2ccccc2)no1)N1CCN(Cc2ccon2)CC1.I. The Bertz CT molecular complexity index is 889. The molecule has 154 valence electrons. The average Bonchev–Trinajstić information content (AvgIpc) is 3.42. The second-order valence-electron chi connectivity index (χ2n) is 6.70. The topological polar surface area (TPSA) is 82.9 Å². The molecule has 0 spiro atoms. The summed E-state index contributed by atoms with van der Waals surface area (Å²) in [5.74, 6) is 1.66. The lowest BCUT2D eigenvalue weighted by Crippen LogP contribution is -2.52. The van der Waals surface area contributed by atoms with Gasteiger partial charge in [-0.3, -0.25) is 9.89 Å². The van der Waals surface area contributed by atoms with E-state index in [1.807, 2.05) is 42.5 Å². The first kappa shape index (κ1) is 21.3. The summed E-state index contributed by atoms with van der Waals surface area (Å²) in [7, 11) is 1.81. The normalized spacial score (nSPS) is 15.2. The number of nitrogens with zero attached hydrogens (tertiary/aromatic N) is 5. The van der Waals surface area contributed by atoms with E-state index in [0.29, 0.717) is 6.54 Å². The van der Waals surface area contributed by atoms with Gasteiger partial charge in [0, 0.05) is 57.5 Å². The molecular formula is C20H25IN6O2. The van der Waals surface area contributed by atoms with E-state index in [1.165, 1.54) is 0 Å². The van der Waals surface area contributed by atoms with E-state index in [9.17, 15) is 0 Å². The van der Waals surface area contributed by atoms with Crippen molar-refractivity contribution in [3.63, 3.8) is 0 Å². The van der Waals surface area contributed by atoms with Crippen LogP contribution >= 0.6 is 24.0 Å². The molecule has 0 radical (unpaired) electrons. The summed E-state index contributed by atoms with van der Waals surface area (Å²) in [6, 6.07) is 13.9. The number of guanidine groups is 1. The Morgan fingerprint density at radius 3 is 2.59 bits per heavy atom. The molecule has 2 aromatic heterocycles. The number of aliphatic imine (C=N–C) groups is 1. The van der Waals surface area contributed by atoms with Crippen molar-refractivity contribution >= 4 is 29.9 Å². The largest absolute Gasteiger partial charge is 0.364 e. The Morgan fingerprint density at radius 2 is 1.90 bits per heavy atom. The van der Waals surface area contributed by atoms with Crippen LogP contribution in [0.25, 0.3) is 11.3 Å². The molecule has 4 rings (SSSR count). The van der Waals surface area contributed by atoms with Crippen LogP contribution in [0.5, 0.6) is 0 Å². The van der Waals surface area contributed by atoms with E-state index < -0.39 is 0 Å². The number of hydrogen-bond acceptors (Lipinski definition) is 6. The van der Waals surface area contributed by atoms with Crippen molar-refractivity contribution < 1.29 is 9.05 Å². The van der Waals surface area contributed by atoms with Crippen LogP contribution in [0.1, 0.15) is 11.5 Å². The Morgan fingerprint density at radius 1 is 1.10 bits per heavy atom. The lowest BCUT2D eigenvalue weighted by atomic mass is 10.1. The molecule has 8 nitrogen and oxygen atoms in total. The second-order valence-corrected chi connectivity index (χ2v) is 6.70. The van der Waals surface area contributed by atoms with Gasteiger partial charge in [0.25, 0.3) is 0 Å². The van der Waals surface area contributed by atoms with Gasteiger partial charge in [-0.1, -0.05) is 40.6 Å². The maximum absolute atomic E-state index is 5.47. The zero-order chi connectivity index (χ0) is 19.2. The zero-order valence-corrected chi connectivity index (χ0v) is 18.7. The predicted molar refractivity (Wildman–Crippen MR) is 121 cm³/mol. The van der Waals surface area contributed by atoms with E-state index in [1.54, 1.807) is 13.3 Å². The number of aromatic nitrogens is 2. The minimum absolute atomic E-state index is 0. The summed E-state index contributed by atoms with van der Waals surface area (Å²) in [5, 5.41) is 11.5.